The van der Waals surface area contributed by atoms with E-state index < -0.39 is 0 Å². The number of thiazole rings is 1. The lowest BCUT2D eigenvalue weighted by molar-refractivity contribution is -0.131. The summed E-state index contributed by atoms with van der Waals surface area (Å²) in [6, 6.07) is 8.12. The zero-order valence-corrected chi connectivity index (χ0v) is 18.2. The van der Waals surface area contributed by atoms with Crippen LogP contribution in [0.2, 0.25) is 0 Å². The van der Waals surface area contributed by atoms with E-state index in [0.29, 0.717) is 37.6 Å². The lowest BCUT2D eigenvalue weighted by Gasteiger charge is -2.34. The van der Waals surface area contributed by atoms with Crippen LogP contribution in [0.5, 0.6) is 0 Å². The monoisotopic (exact) mass is 424 g/mol. The maximum Gasteiger partial charge on any atom is 0.273 e. The van der Waals surface area contributed by atoms with Crippen LogP contribution in [0.4, 0.5) is 0 Å². The minimum Gasteiger partial charge on any atom is -0.361 e. The van der Waals surface area contributed by atoms with E-state index >= 15 is 0 Å². The number of benzene rings is 1. The van der Waals surface area contributed by atoms with E-state index in [1.807, 2.05) is 50.4 Å². The predicted molar refractivity (Wildman–Crippen MR) is 114 cm³/mol. The number of rotatable bonds is 4. The molecule has 2 aromatic heterocycles. The highest BCUT2D eigenvalue weighted by Gasteiger charge is 2.27. The van der Waals surface area contributed by atoms with E-state index in [9.17, 15) is 9.59 Å². The number of carbonyl (C=O) groups excluding carboxylic acids is 2. The molecule has 4 rings (SSSR count). The lowest BCUT2D eigenvalue weighted by atomic mass is 10.1. The maximum atomic E-state index is 12.9. The molecule has 1 aliphatic rings. The SMILES string of the molecule is Cc1ccc(-c2nc(C(=O)N3CCN(C(=O)Cc4c(C)noc4C)CC3)cs2)cc1. The van der Waals surface area contributed by atoms with E-state index in [1.165, 1.54) is 16.9 Å². The quantitative estimate of drug-likeness (QED) is 0.642. The van der Waals surface area contributed by atoms with Crippen molar-refractivity contribution >= 4 is 23.2 Å². The van der Waals surface area contributed by atoms with Crippen molar-refractivity contribution < 1.29 is 14.1 Å². The molecule has 1 fully saturated rings. The Labute approximate surface area is 179 Å². The van der Waals surface area contributed by atoms with Crippen LogP contribution in [0.1, 0.15) is 33.1 Å². The van der Waals surface area contributed by atoms with Crippen molar-refractivity contribution in [3.63, 3.8) is 0 Å². The fourth-order valence-corrected chi connectivity index (χ4v) is 4.34. The Morgan fingerprint density at radius 1 is 1.03 bits per heavy atom. The molecule has 1 aromatic carbocycles. The number of aromatic nitrogens is 2. The molecule has 0 N–H and O–H groups in total. The molecule has 0 bridgehead atoms. The molecule has 3 heterocycles. The van der Waals surface area contributed by atoms with Gasteiger partial charge in [0.15, 0.2) is 0 Å². The molecule has 1 aliphatic heterocycles. The number of aryl methyl sites for hydroxylation is 3. The first-order valence-corrected chi connectivity index (χ1v) is 10.8. The summed E-state index contributed by atoms with van der Waals surface area (Å²) in [6.45, 7) is 7.74. The van der Waals surface area contributed by atoms with E-state index in [-0.39, 0.29) is 18.2 Å². The summed E-state index contributed by atoms with van der Waals surface area (Å²) in [4.78, 5) is 33.6. The van der Waals surface area contributed by atoms with Gasteiger partial charge < -0.3 is 14.3 Å². The lowest BCUT2D eigenvalue weighted by Crippen LogP contribution is -2.51. The second-order valence-corrected chi connectivity index (χ2v) is 8.41. The van der Waals surface area contributed by atoms with E-state index in [2.05, 4.69) is 10.1 Å². The Morgan fingerprint density at radius 3 is 2.33 bits per heavy atom. The summed E-state index contributed by atoms with van der Waals surface area (Å²) in [5.41, 5.74) is 4.27. The average molecular weight is 425 g/mol. The van der Waals surface area contributed by atoms with Gasteiger partial charge in [0, 0.05) is 42.7 Å². The third-order valence-electron chi connectivity index (χ3n) is 5.45. The molecule has 156 valence electrons. The van der Waals surface area contributed by atoms with Crippen molar-refractivity contribution in [2.75, 3.05) is 26.2 Å². The van der Waals surface area contributed by atoms with E-state index in [4.69, 9.17) is 4.52 Å². The summed E-state index contributed by atoms with van der Waals surface area (Å²) in [5.74, 6) is 0.636. The highest BCUT2D eigenvalue weighted by Crippen LogP contribution is 2.25. The molecule has 3 aromatic rings. The Kier molecular flexibility index (Phi) is 5.67. The number of piperazine rings is 1. The van der Waals surface area contributed by atoms with Crippen LogP contribution in [-0.4, -0.2) is 57.9 Å². The molecule has 0 unspecified atom stereocenters. The van der Waals surface area contributed by atoms with Gasteiger partial charge in [-0.25, -0.2) is 4.98 Å². The van der Waals surface area contributed by atoms with Gasteiger partial charge in [0.25, 0.3) is 5.91 Å². The molecule has 2 amide bonds. The smallest absolute Gasteiger partial charge is 0.273 e. The maximum absolute atomic E-state index is 12.9. The first-order valence-electron chi connectivity index (χ1n) is 9.93. The second kappa shape index (κ2) is 8.39. The van der Waals surface area contributed by atoms with E-state index in [0.717, 1.165) is 21.8 Å². The fraction of sp³-hybridized carbons (Fsp3) is 0.364. The average Bonchev–Trinajstić information content (AvgIpc) is 3.36. The number of nitrogens with zero attached hydrogens (tertiary/aromatic N) is 4. The van der Waals surface area contributed by atoms with Crippen LogP contribution in [0.3, 0.4) is 0 Å². The molecule has 1 saturated heterocycles. The van der Waals surface area contributed by atoms with Crippen molar-refractivity contribution in [1.29, 1.82) is 0 Å². The van der Waals surface area contributed by atoms with Crippen molar-refractivity contribution in [3.8, 4) is 10.6 Å². The van der Waals surface area contributed by atoms with Gasteiger partial charge in [-0.3, -0.25) is 9.59 Å². The van der Waals surface area contributed by atoms with Crippen molar-refractivity contribution in [2.24, 2.45) is 0 Å². The summed E-state index contributed by atoms with van der Waals surface area (Å²) >= 11 is 1.47. The van der Waals surface area contributed by atoms with Crippen LogP contribution in [0.25, 0.3) is 10.6 Å². The highest BCUT2D eigenvalue weighted by molar-refractivity contribution is 7.13. The molecule has 7 nitrogen and oxygen atoms in total. The first-order chi connectivity index (χ1) is 14.4. The summed E-state index contributed by atoms with van der Waals surface area (Å²) < 4.78 is 5.14. The molecule has 0 radical (unpaired) electrons. The minimum absolute atomic E-state index is 0.0341. The zero-order chi connectivity index (χ0) is 21.3. The van der Waals surface area contributed by atoms with Gasteiger partial charge in [-0.2, -0.15) is 0 Å². The van der Waals surface area contributed by atoms with Gasteiger partial charge in [-0.1, -0.05) is 35.0 Å². The largest absolute Gasteiger partial charge is 0.361 e. The molecule has 0 aliphatic carbocycles. The molecular formula is C22H24N4O3S. The molecule has 8 heteroatoms. The standard InChI is InChI=1S/C22H24N4O3S/c1-14-4-6-17(7-5-14)21-23-19(13-30-21)22(28)26-10-8-25(9-11-26)20(27)12-18-15(2)24-29-16(18)3/h4-7,13H,8-12H2,1-3H3. The predicted octanol–water partition coefficient (Wildman–Crippen LogP) is 3.25. The molecule has 0 spiro atoms. The van der Waals surface area contributed by atoms with Gasteiger partial charge >= 0.3 is 0 Å². The van der Waals surface area contributed by atoms with Gasteiger partial charge in [0.05, 0.1) is 12.1 Å². The summed E-state index contributed by atoms with van der Waals surface area (Å²) in [6.07, 6.45) is 0.279. The summed E-state index contributed by atoms with van der Waals surface area (Å²) in [5, 5.41) is 6.56. The van der Waals surface area contributed by atoms with Crippen LogP contribution in [0, 0.1) is 20.8 Å². The van der Waals surface area contributed by atoms with Gasteiger partial charge in [0.2, 0.25) is 5.91 Å². The summed E-state index contributed by atoms with van der Waals surface area (Å²) in [7, 11) is 0. The zero-order valence-electron chi connectivity index (χ0n) is 17.3. The van der Waals surface area contributed by atoms with Crippen LogP contribution < -0.4 is 0 Å². The number of hydrogen-bond donors (Lipinski definition) is 0. The third kappa shape index (κ3) is 4.14. The van der Waals surface area contributed by atoms with Crippen molar-refractivity contribution in [1.82, 2.24) is 19.9 Å². The highest BCUT2D eigenvalue weighted by atomic mass is 32.1. The van der Waals surface area contributed by atoms with Gasteiger partial charge in [0.1, 0.15) is 16.5 Å². The Hall–Kier alpha value is -3.00. The first kappa shape index (κ1) is 20.3. The second-order valence-electron chi connectivity index (χ2n) is 7.56. The molecule has 0 atom stereocenters. The van der Waals surface area contributed by atoms with Crippen LogP contribution in [0.15, 0.2) is 34.2 Å². The molecule has 0 saturated carbocycles. The number of carbonyl (C=O) groups is 2. The minimum atomic E-state index is -0.0811. The Balaban J connectivity index is 1.35. The van der Waals surface area contributed by atoms with E-state index in [1.54, 1.807) is 9.80 Å². The number of hydrogen-bond acceptors (Lipinski definition) is 6. The Bertz CT molecular complexity index is 1040. The van der Waals surface area contributed by atoms with Crippen molar-refractivity contribution in [3.05, 3.63) is 57.9 Å². The van der Waals surface area contributed by atoms with Crippen LogP contribution in [-0.2, 0) is 11.2 Å². The third-order valence-corrected chi connectivity index (χ3v) is 6.34. The number of amides is 2. The molecular weight excluding hydrogens is 400 g/mol. The normalized spacial score (nSPS) is 14.2. The fourth-order valence-electron chi connectivity index (χ4n) is 3.54. The van der Waals surface area contributed by atoms with Gasteiger partial charge in [-0.05, 0) is 20.8 Å². The van der Waals surface area contributed by atoms with Gasteiger partial charge in [-0.15, -0.1) is 11.3 Å². The Morgan fingerprint density at radius 2 is 1.70 bits per heavy atom. The van der Waals surface area contributed by atoms with Crippen molar-refractivity contribution in [2.45, 2.75) is 27.2 Å². The topological polar surface area (TPSA) is 79.5 Å². The van der Waals surface area contributed by atoms with Crippen LogP contribution >= 0.6 is 11.3 Å². The molecule has 30 heavy (non-hydrogen) atoms.